The molecule has 5 heteroatoms. The lowest BCUT2D eigenvalue weighted by atomic mass is 10.1. The van der Waals surface area contributed by atoms with Crippen molar-refractivity contribution in [2.45, 2.75) is 25.7 Å². The lowest BCUT2D eigenvalue weighted by Crippen LogP contribution is -2.39. The normalized spacial score (nSPS) is 15.1. The Hall–Kier alpha value is -2.59. The molecule has 1 aliphatic rings. The summed E-state index contributed by atoms with van der Waals surface area (Å²) < 4.78 is 0. The Balaban J connectivity index is 1.88. The molecule has 0 radical (unpaired) electrons. The minimum atomic E-state index is -0.383. The summed E-state index contributed by atoms with van der Waals surface area (Å²) in [6, 6.07) is 16.3. The van der Waals surface area contributed by atoms with Crippen molar-refractivity contribution >= 4 is 29.5 Å². The summed E-state index contributed by atoms with van der Waals surface area (Å²) in [6.45, 7) is 1.43. The van der Waals surface area contributed by atoms with Crippen molar-refractivity contribution in [3.05, 3.63) is 76.4 Å². The van der Waals surface area contributed by atoms with Gasteiger partial charge < -0.3 is 10.2 Å². The highest BCUT2D eigenvalue weighted by molar-refractivity contribution is 6.34. The molecule has 0 bridgehead atoms. The number of halogens is 1. The van der Waals surface area contributed by atoms with E-state index < -0.39 is 0 Å². The minimum absolute atomic E-state index is 0.152. The van der Waals surface area contributed by atoms with E-state index >= 15 is 0 Å². The zero-order valence-electron chi connectivity index (χ0n) is 15.2. The standard InChI is InChI=1S/C22H23ClN2O2/c23-19-13-7-6-12-18(19)21(26)24-20(16-17-10-4-3-5-11-17)22(27)25-14-8-1-2-9-15-25/h3-7,10-13,16H,1-2,8-9,14-15H2,(H,24,26)/b20-16-. The van der Waals surface area contributed by atoms with Gasteiger partial charge in [-0.25, -0.2) is 0 Å². The van der Waals surface area contributed by atoms with Crippen LogP contribution >= 0.6 is 11.6 Å². The van der Waals surface area contributed by atoms with Crippen LogP contribution < -0.4 is 5.32 Å². The molecule has 0 aromatic heterocycles. The van der Waals surface area contributed by atoms with Gasteiger partial charge in [0, 0.05) is 13.1 Å². The van der Waals surface area contributed by atoms with Crippen LogP contribution in [-0.4, -0.2) is 29.8 Å². The first-order chi connectivity index (χ1) is 13.1. The van der Waals surface area contributed by atoms with Gasteiger partial charge >= 0.3 is 0 Å². The Bertz CT molecular complexity index is 825. The molecule has 27 heavy (non-hydrogen) atoms. The van der Waals surface area contributed by atoms with Gasteiger partial charge in [0.1, 0.15) is 5.70 Å². The van der Waals surface area contributed by atoms with Crippen molar-refractivity contribution < 1.29 is 9.59 Å². The lowest BCUT2D eigenvalue weighted by Gasteiger charge is -2.22. The molecule has 140 valence electrons. The fraction of sp³-hybridized carbons (Fsp3) is 0.273. The third-order valence-corrected chi connectivity index (χ3v) is 4.93. The highest BCUT2D eigenvalue weighted by atomic mass is 35.5. The van der Waals surface area contributed by atoms with E-state index in [0.29, 0.717) is 23.7 Å². The lowest BCUT2D eigenvalue weighted by molar-refractivity contribution is -0.127. The van der Waals surface area contributed by atoms with Crippen LogP contribution in [0.5, 0.6) is 0 Å². The Morgan fingerprint density at radius 3 is 2.19 bits per heavy atom. The van der Waals surface area contributed by atoms with Gasteiger partial charge in [0.2, 0.25) is 0 Å². The van der Waals surface area contributed by atoms with E-state index in [1.807, 2.05) is 35.2 Å². The van der Waals surface area contributed by atoms with Gasteiger partial charge in [-0.1, -0.05) is 66.9 Å². The summed E-state index contributed by atoms with van der Waals surface area (Å²) >= 11 is 6.14. The zero-order chi connectivity index (χ0) is 19.1. The summed E-state index contributed by atoms with van der Waals surface area (Å²) in [7, 11) is 0. The monoisotopic (exact) mass is 382 g/mol. The highest BCUT2D eigenvalue weighted by Crippen LogP contribution is 2.17. The number of carbonyl (C=O) groups excluding carboxylic acids is 2. The number of rotatable bonds is 4. The predicted molar refractivity (Wildman–Crippen MR) is 108 cm³/mol. The molecule has 1 heterocycles. The van der Waals surface area contributed by atoms with Crippen LogP contribution in [0.3, 0.4) is 0 Å². The van der Waals surface area contributed by atoms with E-state index in [0.717, 1.165) is 31.2 Å². The number of carbonyl (C=O) groups is 2. The number of amides is 2. The Morgan fingerprint density at radius 1 is 0.889 bits per heavy atom. The topological polar surface area (TPSA) is 49.4 Å². The van der Waals surface area contributed by atoms with Crippen LogP contribution in [0.2, 0.25) is 5.02 Å². The zero-order valence-corrected chi connectivity index (χ0v) is 15.9. The molecule has 0 aliphatic carbocycles. The van der Waals surface area contributed by atoms with Gasteiger partial charge in [-0.3, -0.25) is 9.59 Å². The van der Waals surface area contributed by atoms with Crippen LogP contribution in [0.4, 0.5) is 0 Å². The molecule has 1 aliphatic heterocycles. The van der Waals surface area contributed by atoms with Gasteiger partial charge in [-0.2, -0.15) is 0 Å². The SMILES string of the molecule is O=C(N/C(=C\c1ccccc1)C(=O)N1CCCCCC1)c1ccccc1Cl. The van der Waals surface area contributed by atoms with Crippen molar-refractivity contribution in [1.82, 2.24) is 10.2 Å². The second-order valence-corrected chi connectivity index (χ2v) is 7.02. The summed E-state index contributed by atoms with van der Waals surface area (Å²) in [4.78, 5) is 27.7. The van der Waals surface area contributed by atoms with Crippen LogP contribution in [0.15, 0.2) is 60.3 Å². The van der Waals surface area contributed by atoms with Crippen molar-refractivity contribution in [1.29, 1.82) is 0 Å². The Morgan fingerprint density at radius 2 is 1.52 bits per heavy atom. The molecular weight excluding hydrogens is 360 g/mol. The number of nitrogens with zero attached hydrogens (tertiary/aromatic N) is 1. The van der Waals surface area contributed by atoms with Crippen LogP contribution in [0.25, 0.3) is 6.08 Å². The molecule has 0 atom stereocenters. The second-order valence-electron chi connectivity index (χ2n) is 6.61. The summed E-state index contributed by atoms with van der Waals surface area (Å²) in [6.07, 6.45) is 5.97. The van der Waals surface area contributed by atoms with E-state index in [4.69, 9.17) is 11.6 Å². The molecule has 0 spiro atoms. The molecule has 2 aromatic carbocycles. The Kier molecular flexibility index (Phi) is 6.66. The van der Waals surface area contributed by atoms with E-state index in [1.54, 1.807) is 30.3 Å². The molecule has 3 rings (SSSR count). The molecule has 1 fully saturated rings. The molecule has 0 unspecified atom stereocenters. The third kappa shape index (κ3) is 5.20. The smallest absolute Gasteiger partial charge is 0.270 e. The summed E-state index contributed by atoms with van der Waals surface area (Å²) in [5, 5.41) is 3.14. The summed E-state index contributed by atoms with van der Waals surface area (Å²) in [5.74, 6) is -0.535. The average Bonchev–Trinajstić information content (AvgIpc) is 2.97. The maximum absolute atomic E-state index is 13.1. The van der Waals surface area contributed by atoms with Gasteiger partial charge in [0.05, 0.1) is 10.6 Å². The fourth-order valence-electron chi connectivity index (χ4n) is 3.15. The molecule has 1 N–H and O–H groups in total. The largest absolute Gasteiger partial charge is 0.337 e. The number of hydrogen-bond donors (Lipinski definition) is 1. The average molecular weight is 383 g/mol. The van der Waals surface area contributed by atoms with Crippen molar-refractivity contribution in [2.24, 2.45) is 0 Å². The first kappa shape index (κ1) is 19.2. The van der Waals surface area contributed by atoms with Gasteiger partial charge in [0.25, 0.3) is 11.8 Å². The van der Waals surface area contributed by atoms with E-state index in [-0.39, 0.29) is 17.5 Å². The quantitative estimate of drug-likeness (QED) is 0.790. The molecular formula is C22H23ClN2O2. The van der Waals surface area contributed by atoms with E-state index in [2.05, 4.69) is 5.32 Å². The molecule has 0 saturated carbocycles. The number of likely N-dealkylation sites (tertiary alicyclic amines) is 1. The first-order valence-electron chi connectivity index (χ1n) is 9.27. The number of benzene rings is 2. The number of hydrogen-bond acceptors (Lipinski definition) is 2. The van der Waals surface area contributed by atoms with Crippen molar-refractivity contribution in [3.8, 4) is 0 Å². The Labute approximate surface area is 164 Å². The van der Waals surface area contributed by atoms with Crippen molar-refractivity contribution in [3.63, 3.8) is 0 Å². The molecule has 2 amide bonds. The van der Waals surface area contributed by atoms with Crippen molar-refractivity contribution in [2.75, 3.05) is 13.1 Å². The van der Waals surface area contributed by atoms with Crippen LogP contribution in [0.1, 0.15) is 41.6 Å². The molecule has 2 aromatic rings. The van der Waals surface area contributed by atoms with Gasteiger partial charge in [-0.15, -0.1) is 0 Å². The number of nitrogens with one attached hydrogen (secondary N) is 1. The predicted octanol–water partition coefficient (Wildman–Crippen LogP) is 4.51. The van der Waals surface area contributed by atoms with E-state index in [1.165, 1.54) is 0 Å². The minimum Gasteiger partial charge on any atom is -0.337 e. The molecule has 1 saturated heterocycles. The summed E-state index contributed by atoms with van der Waals surface area (Å²) in [5.41, 5.74) is 1.48. The maximum atomic E-state index is 13.1. The third-order valence-electron chi connectivity index (χ3n) is 4.60. The maximum Gasteiger partial charge on any atom is 0.270 e. The second kappa shape index (κ2) is 9.38. The van der Waals surface area contributed by atoms with Gasteiger partial charge in [0.15, 0.2) is 0 Å². The first-order valence-corrected chi connectivity index (χ1v) is 9.65. The highest BCUT2D eigenvalue weighted by Gasteiger charge is 2.22. The van der Waals surface area contributed by atoms with E-state index in [9.17, 15) is 9.59 Å². The van der Waals surface area contributed by atoms with Crippen LogP contribution in [0, 0.1) is 0 Å². The van der Waals surface area contributed by atoms with Crippen LogP contribution in [-0.2, 0) is 4.79 Å². The van der Waals surface area contributed by atoms with Gasteiger partial charge in [-0.05, 0) is 36.6 Å². The molecule has 4 nitrogen and oxygen atoms in total. The fourth-order valence-corrected chi connectivity index (χ4v) is 3.37.